The van der Waals surface area contributed by atoms with E-state index in [0.717, 1.165) is 25.1 Å². The van der Waals surface area contributed by atoms with Gasteiger partial charge in [0, 0.05) is 30.9 Å². The van der Waals surface area contributed by atoms with Gasteiger partial charge in [0.2, 0.25) is 0 Å². The second kappa shape index (κ2) is 6.27. The minimum atomic E-state index is -0.114. The Morgan fingerprint density at radius 2 is 1.90 bits per heavy atom. The van der Waals surface area contributed by atoms with Crippen molar-refractivity contribution in [2.75, 3.05) is 25.5 Å². The quantitative estimate of drug-likeness (QED) is 0.924. The molecule has 21 heavy (non-hydrogen) atoms. The zero-order chi connectivity index (χ0) is 14.7. The topological polar surface area (TPSA) is 15.3 Å². The average Bonchev–Trinajstić information content (AvgIpc) is 2.49. The Hall–Kier alpha value is -1.87. The fourth-order valence-corrected chi connectivity index (χ4v) is 3.06. The smallest absolute Gasteiger partial charge is 0.127 e. The lowest BCUT2D eigenvalue weighted by Gasteiger charge is -2.29. The standard InChI is InChI=1S/C18H21FN2/c1-21(13-16-7-2-4-8-17(16)19)12-14-10-15-6-3-5-9-18(15)20-11-14/h2-9,14,20H,10-13H2,1H3. The Labute approximate surface area is 125 Å². The first-order valence-corrected chi connectivity index (χ1v) is 7.46. The van der Waals surface area contributed by atoms with E-state index in [2.05, 4.69) is 41.5 Å². The molecule has 0 amide bonds. The maximum Gasteiger partial charge on any atom is 0.127 e. The molecule has 0 aromatic heterocycles. The van der Waals surface area contributed by atoms with Crippen LogP contribution < -0.4 is 5.32 Å². The minimum Gasteiger partial charge on any atom is -0.384 e. The highest BCUT2D eigenvalue weighted by atomic mass is 19.1. The van der Waals surface area contributed by atoms with E-state index >= 15 is 0 Å². The summed E-state index contributed by atoms with van der Waals surface area (Å²) >= 11 is 0. The van der Waals surface area contributed by atoms with Crippen LogP contribution in [0.15, 0.2) is 48.5 Å². The number of nitrogens with zero attached hydrogens (tertiary/aromatic N) is 1. The molecule has 2 nitrogen and oxygen atoms in total. The lowest BCUT2D eigenvalue weighted by atomic mass is 9.93. The number of rotatable bonds is 4. The van der Waals surface area contributed by atoms with E-state index in [1.54, 1.807) is 6.07 Å². The highest BCUT2D eigenvalue weighted by Crippen LogP contribution is 2.24. The van der Waals surface area contributed by atoms with E-state index in [-0.39, 0.29) is 5.82 Å². The SMILES string of the molecule is CN(Cc1ccccc1F)CC1CNc2ccccc2C1. The molecular formula is C18H21FN2. The lowest BCUT2D eigenvalue weighted by Crippen LogP contribution is -2.33. The van der Waals surface area contributed by atoms with Gasteiger partial charge in [-0.25, -0.2) is 4.39 Å². The largest absolute Gasteiger partial charge is 0.384 e. The van der Waals surface area contributed by atoms with Crippen molar-refractivity contribution in [1.82, 2.24) is 4.90 Å². The summed E-state index contributed by atoms with van der Waals surface area (Å²) in [5.74, 6) is 0.452. The number of halogens is 1. The molecular weight excluding hydrogens is 263 g/mol. The predicted octanol–water partition coefficient (Wildman–Crippen LogP) is 3.54. The molecule has 1 heterocycles. The molecule has 2 aromatic rings. The summed E-state index contributed by atoms with van der Waals surface area (Å²) in [6.45, 7) is 2.61. The van der Waals surface area contributed by atoms with Gasteiger partial charge in [-0.3, -0.25) is 0 Å². The molecule has 1 aliphatic heterocycles. The molecule has 3 rings (SSSR count). The molecule has 1 aliphatic rings. The van der Waals surface area contributed by atoms with Crippen LogP contribution in [0.4, 0.5) is 10.1 Å². The van der Waals surface area contributed by atoms with E-state index in [0.29, 0.717) is 12.5 Å². The van der Waals surface area contributed by atoms with Crippen LogP contribution in [0.3, 0.4) is 0 Å². The fraction of sp³-hybridized carbons (Fsp3) is 0.333. The van der Waals surface area contributed by atoms with Crippen molar-refractivity contribution >= 4 is 5.69 Å². The lowest BCUT2D eigenvalue weighted by molar-refractivity contribution is 0.268. The van der Waals surface area contributed by atoms with E-state index in [4.69, 9.17) is 0 Å². The summed E-state index contributed by atoms with van der Waals surface area (Å²) < 4.78 is 13.7. The van der Waals surface area contributed by atoms with Crippen LogP contribution in [0.25, 0.3) is 0 Å². The molecule has 1 unspecified atom stereocenters. The molecule has 1 N–H and O–H groups in total. The molecule has 0 spiro atoms. The first-order chi connectivity index (χ1) is 10.2. The van der Waals surface area contributed by atoms with Gasteiger partial charge < -0.3 is 10.2 Å². The molecule has 2 aromatic carbocycles. The van der Waals surface area contributed by atoms with Gasteiger partial charge in [0.15, 0.2) is 0 Å². The van der Waals surface area contributed by atoms with Crippen LogP contribution in [-0.2, 0) is 13.0 Å². The minimum absolute atomic E-state index is 0.114. The van der Waals surface area contributed by atoms with Crippen molar-refractivity contribution in [1.29, 1.82) is 0 Å². The summed E-state index contributed by atoms with van der Waals surface area (Å²) in [7, 11) is 2.06. The van der Waals surface area contributed by atoms with Crippen LogP contribution in [0.5, 0.6) is 0 Å². The van der Waals surface area contributed by atoms with Crippen molar-refractivity contribution in [2.24, 2.45) is 5.92 Å². The van der Waals surface area contributed by atoms with Crippen LogP contribution >= 0.6 is 0 Å². The van der Waals surface area contributed by atoms with Gasteiger partial charge in [0.1, 0.15) is 5.82 Å². The van der Waals surface area contributed by atoms with Crippen molar-refractivity contribution in [2.45, 2.75) is 13.0 Å². The fourth-order valence-electron chi connectivity index (χ4n) is 3.06. The molecule has 110 valence electrons. The first-order valence-electron chi connectivity index (χ1n) is 7.46. The van der Waals surface area contributed by atoms with Gasteiger partial charge in [-0.1, -0.05) is 36.4 Å². The van der Waals surface area contributed by atoms with Crippen molar-refractivity contribution in [3.8, 4) is 0 Å². The summed E-state index contributed by atoms with van der Waals surface area (Å²) in [5.41, 5.74) is 3.41. The zero-order valence-corrected chi connectivity index (χ0v) is 12.3. The van der Waals surface area contributed by atoms with Gasteiger partial charge in [-0.2, -0.15) is 0 Å². The molecule has 0 bridgehead atoms. The number of nitrogens with one attached hydrogen (secondary N) is 1. The Morgan fingerprint density at radius 3 is 2.76 bits per heavy atom. The van der Waals surface area contributed by atoms with Gasteiger partial charge in [-0.15, -0.1) is 0 Å². The first kappa shape index (κ1) is 14.1. The molecule has 0 fully saturated rings. The van der Waals surface area contributed by atoms with Gasteiger partial charge in [0.25, 0.3) is 0 Å². The number of anilines is 1. The highest BCUT2D eigenvalue weighted by molar-refractivity contribution is 5.53. The third-order valence-corrected chi connectivity index (χ3v) is 4.08. The van der Waals surface area contributed by atoms with Crippen LogP contribution in [0, 0.1) is 11.7 Å². The van der Waals surface area contributed by atoms with E-state index in [1.807, 2.05) is 12.1 Å². The third kappa shape index (κ3) is 3.42. The zero-order valence-electron chi connectivity index (χ0n) is 12.3. The summed E-state index contributed by atoms with van der Waals surface area (Å²) in [4.78, 5) is 2.21. The maximum atomic E-state index is 13.7. The van der Waals surface area contributed by atoms with E-state index in [1.165, 1.54) is 17.3 Å². The average molecular weight is 284 g/mol. The molecule has 0 saturated carbocycles. The number of benzene rings is 2. The Morgan fingerprint density at radius 1 is 1.14 bits per heavy atom. The molecule has 0 radical (unpaired) electrons. The normalized spacial score (nSPS) is 17.4. The second-order valence-corrected chi connectivity index (χ2v) is 5.90. The molecule has 1 atom stereocenters. The molecule has 0 aliphatic carbocycles. The van der Waals surface area contributed by atoms with Crippen LogP contribution in [-0.4, -0.2) is 25.0 Å². The van der Waals surface area contributed by atoms with Crippen LogP contribution in [0.1, 0.15) is 11.1 Å². The van der Waals surface area contributed by atoms with Crippen molar-refractivity contribution in [3.05, 3.63) is 65.5 Å². The molecule has 3 heteroatoms. The number of hydrogen-bond acceptors (Lipinski definition) is 2. The van der Waals surface area contributed by atoms with Crippen LogP contribution in [0.2, 0.25) is 0 Å². The third-order valence-electron chi connectivity index (χ3n) is 4.08. The van der Waals surface area contributed by atoms with E-state index in [9.17, 15) is 4.39 Å². The van der Waals surface area contributed by atoms with Crippen molar-refractivity contribution in [3.63, 3.8) is 0 Å². The highest BCUT2D eigenvalue weighted by Gasteiger charge is 2.19. The summed E-state index contributed by atoms with van der Waals surface area (Å²) in [6, 6.07) is 15.5. The predicted molar refractivity (Wildman–Crippen MR) is 84.9 cm³/mol. The maximum absolute atomic E-state index is 13.7. The number of hydrogen-bond donors (Lipinski definition) is 1. The Bertz CT molecular complexity index is 612. The number of para-hydroxylation sites is 1. The summed E-state index contributed by atoms with van der Waals surface area (Å²) in [6.07, 6.45) is 1.09. The monoisotopic (exact) mass is 284 g/mol. The number of fused-ring (bicyclic) bond motifs is 1. The Kier molecular flexibility index (Phi) is 4.20. The summed E-state index contributed by atoms with van der Waals surface area (Å²) in [5, 5.41) is 3.49. The van der Waals surface area contributed by atoms with Crippen molar-refractivity contribution < 1.29 is 4.39 Å². The molecule has 0 saturated heterocycles. The van der Waals surface area contributed by atoms with Gasteiger partial charge in [0.05, 0.1) is 0 Å². The van der Waals surface area contributed by atoms with E-state index < -0.39 is 0 Å². The van der Waals surface area contributed by atoms with Gasteiger partial charge >= 0.3 is 0 Å². The Balaban J connectivity index is 1.59. The van der Waals surface area contributed by atoms with Gasteiger partial charge in [-0.05, 0) is 37.1 Å². The second-order valence-electron chi connectivity index (χ2n) is 5.90.